The van der Waals surface area contributed by atoms with E-state index in [2.05, 4.69) is 39.2 Å². The molecule has 0 bridgehead atoms. The number of rotatable bonds is 5. The van der Waals surface area contributed by atoms with Crippen LogP contribution in [0.15, 0.2) is 0 Å². The lowest BCUT2D eigenvalue weighted by atomic mass is 9.71. The molecule has 1 aliphatic heterocycles. The van der Waals surface area contributed by atoms with Crippen molar-refractivity contribution in [3.05, 3.63) is 0 Å². The molecule has 2 rings (SSSR count). The summed E-state index contributed by atoms with van der Waals surface area (Å²) in [6, 6.07) is -0.109. The molecule has 2 aliphatic rings. The van der Waals surface area contributed by atoms with Gasteiger partial charge >= 0.3 is 0 Å². The first-order chi connectivity index (χ1) is 11.0. The third kappa shape index (κ3) is 3.60. The Balaban J connectivity index is 2.09. The first-order valence-electron chi connectivity index (χ1n) is 9.04. The molecule has 0 spiro atoms. The van der Waals surface area contributed by atoms with Gasteiger partial charge in [0.05, 0.1) is 18.1 Å². The van der Waals surface area contributed by atoms with Crippen molar-refractivity contribution in [1.29, 1.82) is 0 Å². The molecule has 5 atom stereocenters. The molecule has 6 heteroatoms. The highest BCUT2D eigenvalue weighted by Crippen LogP contribution is 2.40. The second-order valence-electron chi connectivity index (χ2n) is 8.81. The van der Waals surface area contributed by atoms with E-state index in [1.807, 2.05) is 6.92 Å². The lowest BCUT2D eigenvalue weighted by Gasteiger charge is -2.48. The lowest BCUT2D eigenvalue weighted by Crippen LogP contribution is -2.68. The summed E-state index contributed by atoms with van der Waals surface area (Å²) in [5.41, 5.74) is 0. The van der Waals surface area contributed by atoms with Crippen molar-refractivity contribution in [3.8, 4) is 0 Å². The maximum Gasteiger partial charge on any atom is 0.228 e. The van der Waals surface area contributed by atoms with Gasteiger partial charge in [0.1, 0.15) is 6.10 Å². The van der Waals surface area contributed by atoms with Gasteiger partial charge in [-0.15, -0.1) is 0 Å². The van der Waals surface area contributed by atoms with Crippen LogP contribution in [0.5, 0.6) is 0 Å². The molecule has 1 aliphatic carbocycles. The molecule has 138 valence electrons. The normalized spacial score (nSPS) is 33.0. The number of amides is 1. The number of methoxy groups -OCH3 is 1. The van der Waals surface area contributed by atoms with Gasteiger partial charge in [0.15, 0.2) is 14.1 Å². The molecule has 0 aromatic heterocycles. The Morgan fingerprint density at radius 1 is 1.21 bits per heavy atom. The summed E-state index contributed by atoms with van der Waals surface area (Å²) >= 11 is 0. The van der Waals surface area contributed by atoms with Gasteiger partial charge in [0.25, 0.3) is 0 Å². The largest absolute Gasteiger partial charge is 0.413 e. The van der Waals surface area contributed by atoms with Crippen molar-refractivity contribution in [2.24, 2.45) is 11.8 Å². The fourth-order valence-corrected chi connectivity index (χ4v) is 5.05. The zero-order valence-electron chi connectivity index (χ0n) is 16.1. The van der Waals surface area contributed by atoms with Gasteiger partial charge in [-0.2, -0.15) is 0 Å². The van der Waals surface area contributed by atoms with E-state index in [0.717, 1.165) is 19.3 Å². The summed E-state index contributed by atoms with van der Waals surface area (Å²) < 4.78 is 11.7. The van der Waals surface area contributed by atoms with E-state index < -0.39 is 8.32 Å². The minimum absolute atomic E-state index is 0.0125. The van der Waals surface area contributed by atoms with Crippen LogP contribution in [0, 0.1) is 11.8 Å². The second-order valence-corrected chi connectivity index (χ2v) is 13.6. The van der Waals surface area contributed by atoms with Crippen LogP contribution in [0.25, 0.3) is 0 Å². The molecule has 5 unspecified atom stereocenters. The number of carbonyl (C=O) groups excluding carboxylic acids is 2. The number of β-lactam (4-membered cyclic amide) rings is 1. The fourth-order valence-electron chi connectivity index (χ4n) is 3.62. The predicted molar refractivity (Wildman–Crippen MR) is 96.3 cm³/mol. The average molecular weight is 356 g/mol. The van der Waals surface area contributed by atoms with Crippen LogP contribution in [-0.4, -0.2) is 45.4 Å². The van der Waals surface area contributed by atoms with E-state index in [1.54, 1.807) is 7.11 Å². The Kier molecular flexibility index (Phi) is 5.62. The van der Waals surface area contributed by atoms with Crippen LogP contribution in [0.4, 0.5) is 0 Å². The van der Waals surface area contributed by atoms with Gasteiger partial charge in [-0.05, 0) is 44.3 Å². The van der Waals surface area contributed by atoms with Crippen LogP contribution < -0.4 is 5.32 Å². The summed E-state index contributed by atoms with van der Waals surface area (Å²) in [6.45, 7) is 13.0. The summed E-state index contributed by atoms with van der Waals surface area (Å²) in [7, 11) is -0.361. The Morgan fingerprint density at radius 2 is 1.83 bits per heavy atom. The molecule has 0 aromatic rings. The molecule has 1 N–H and O–H groups in total. The Morgan fingerprint density at radius 3 is 2.33 bits per heavy atom. The van der Waals surface area contributed by atoms with Gasteiger partial charge in [-0.25, -0.2) is 0 Å². The summed E-state index contributed by atoms with van der Waals surface area (Å²) in [4.78, 5) is 24.8. The standard InChI is InChI=1S/C18H33NO4Si/c1-11(23-24(6,7)18(2,3)4)14-15(19-17(14)21)12-9-8-10-13(22-5)16(12)20/h11-15H,8-10H2,1-7H3,(H,19,21). The van der Waals surface area contributed by atoms with E-state index >= 15 is 0 Å². The molecular weight excluding hydrogens is 322 g/mol. The predicted octanol–water partition coefficient (Wildman–Crippen LogP) is 2.90. The molecule has 0 aromatic carbocycles. The third-order valence-corrected chi connectivity index (χ3v) is 10.7. The number of nitrogens with one attached hydrogen (secondary N) is 1. The van der Waals surface area contributed by atoms with Gasteiger partial charge in [0.2, 0.25) is 5.91 Å². The minimum Gasteiger partial charge on any atom is -0.413 e. The number of Topliss-reactive ketones (excluding diaryl/α,β-unsaturated/α-hetero) is 1. The molecular formula is C18H33NO4Si. The molecule has 1 saturated carbocycles. The average Bonchev–Trinajstić information content (AvgIpc) is 2.43. The lowest BCUT2D eigenvalue weighted by molar-refractivity contribution is -0.149. The first-order valence-corrected chi connectivity index (χ1v) is 11.9. The van der Waals surface area contributed by atoms with Crippen molar-refractivity contribution in [3.63, 3.8) is 0 Å². The van der Waals surface area contributed by atoms with E-state index in [-0.39, 0.29) is 46.8 Å². The molecule has 1 heterocycles. The maximum absolute atomic E-state index is 12.6. The molecule has 1 saturated heterocycles. The number of ketones is 1. The molecule has 5 nitrogen and oxygen atoms in total. The van der Waals surface area contributed by atoms with Gasteiger partial charge < -0.3 is 14.5 Å². The van der Waals surface area contributed by atoms with E-state index in [9.17, 15) is 9.59 Å². The van der Waals surface area contributed by atoms with Crippen LogP contribution in [-0.2, 0) is 18.8 Å². The topological polar surface area (TPSA) is 64.6 Å². The van der Waals surface area contributed by atoms with Crippen molar-refractivity contribution >= 4 is 20.0 Å². The quantitative estimate of drug-likeness (QED) is 0.608. The van der Waals surface area contributed by atoms with Crippen molar-refractivity contribution in [1.82, 2.24) is 5.32 Å². The Bertz CT molecular complexity index is 500. The van der Waals surface area contributed by atoms with E-state index in [1.165, 1.54) is 0 Å². The molecule has 1 amide bonds. The number of hydrogen-bond donors (Lipinski definition) is 1. The fraction of sp³-hybridized carbons (Fsp3) is 0.889. The highest BCUT2D eigenvalue weighted by molar-refractivity contribution is 6.74. The van der Waals surface area contributed by atoms with Crippen LogP contribution >= 0.6 is 0 Å². The van der Waals surface area contributed by atoms with Crippen LogP contribution in [0.2, 0.25) is 18.1 Å². The molecule has 0 radical (unpaired) electrons. The van der Waals surface area contributed by atoms with E-state index in [0.29, 0.717) is 0 Å². The summed E-state index contributed by atoms with van der Waals surface area (Å²) in [6.07, 6.45) is 2.09. The minimum atomic E-state index is -1.95. The first kappa shape index (κ1) is 19.6. The van der Waals surface area contributed by atoms with Crippen LogP contribution in [0.1, 0.15) is 47.0 Å². The van der Waals surface area contributed by atoms with Crippen molar-refractivity contribution in [2.75, 3.05) is 7.11 Å². The van der Waals surface area contributed by atoms with Gasteiger partial charge in [0, 0.05) is 13.0 Å². The van der Waals surface area contributed by atoms with Gasteiger partial charge in [-0.1, -0.05) is 20.8 Å². The highest BCUT2D eigenvalue weighted by atomic mass is 28.4. The van der Waals surface area contributed by atoms with Crippen molar-refractivity contribution in [2.45, 2.75) is 83.3 Å². The number of hydrogen-bond acceptors (Lipinski definition) is 4. The van der Waals surface area contributed by atoms with Crippen molar-refractivity contribution < 1.29 is 18.8 Å². The third-order valence-electron chi connectivity index (χ3n) is 6.17. The maximum atomic E-state index is 12.6. The SMILES string of the molecule is COC1CCCC(C2NC(=O)C2C(C)O[Si](C)(C)C(C)(C)C)C1=O. The molecule has 2 fully saturated rings. The summed E-state index contributed by atoms with van der Waals surface area (Å²) in [5.74, 6) is -0.225. The Labute approximate surface area is 147 Å². The van der Waals surface area contributed by atoms with Gasteiger partial charge in [-0.3, -0.25) is 9.59 Å². The highest BCUT2D eigenvalue weighted by Gasteiger charge is 2.52. The van der Waals surface area contributed by atoms with Crippen LogP contribution in [0.3, 0.4) is 0 Å². The smallest absolute Gasteiger partial charge is 0.228 e. The Hall–Kier alpha value is -0.723. The van der Waals surface area contributed by atoms with E-state index in [4.69, 9.17) is 9.16 Å². The molecule has 24 heavy (non-hydrogen) atoms. The monoisotopic (exact) mass is 355 g/mol. The summed E-state index contributed by atoms with van der Waals surface area (Å²) in [5, 5.41) is 3.06. The second kappa shape index (κ2) is 6.88. The zero-order valence-corrected chi connectivity index (χ0v) is 17.1. The number of ether oxygens (including phenoxy) is 1. The number of carbonyl (C=O) groups is 2. The zero-order chi connectivity index (χ0) is 18.3.